The van der Waals surface area contributed by atoms with E-state index >= 15 is 0 Å². The van der Waals surface area contributed by atoms with Gasteiger partial charge in [0.1, 0.15) is 6.07 Å². The number of amidine groups is 1. The Labute approximate surface area is 86.4 Å². The van der Waals surface area contributed by atoms with Crippen LogP contribution in [0.5, 0.6) is 0 Å². The summed E-state index contributed by atoms with van der Waals surface area (Å²) in [5, 5.41) is 15.7. The molecule has 15 heavy (non-hydrogen) atoms. The number of rotatable bonds is 1. The van der Waals surface area contributed by atoms with Gasteiger partial charge in [0, 0.05) is 11.4 Å². The molecule has 0 fully saturated rings. The van der Waals surface area contributed by atoms with Crippen LogP contribution in [0.2, 0.25) is 0 Å². The maximum absolute atomic E-state index is 8.73. The Bertz CT molecular complexity index is 540. The molecule has 0 aromatic heterocycles. The minimum Gasteiger partial charge on any atom is -0.257 e. The van der Waals surface area contributed by atoms with Gasteiger partial charge in [-0.3, -0.25) is 5.41 Å². The van der Waals surface area contributed by atoms with Crippen LogP contribution in [0.1, 0.15) is 5.56 Å². The second-order valence-corrected chi connectivity index (χ2v) is 2.85. The van der Waals surface area contributed by atoms with Crippen molar-refractivity contribution in [1.29, 1.82) is 10.7 Å². The van der Waals surface area contributed by atoms with Gasteiger partial charge in [-0.05, 0) is 0 Å². The summed E-state index contributed by atoms with van der Waals surface area (Å²) in [6.07, 6.45) is 0. The molecule has 0 aliphatic carbocycles. The van der Waals surface area contributed by atoms with Gasteiger partial charge in [0.2, 0.25) is 0 Å². The Morgan fingerprint density at radius 2 is 1.87 bits per heavy atom. The Morgan fingerprint density at radius 3 is 2.40 bits per heavy atom. The molecule has 0 unspecified atom stereocenters. The van der Waals surface area contributed by atoms with Crippen LogP contribution >= 0.6 is 0 Å². The van der Waals surface area contributed by atoms with Gasteiger partial charge < -0.3 is 0 Å². The van der Waals surface area contributed by atoms with Crippen LogP contribution in [0.15, 0.2) is 46.0 Å². The van der Waals surface area contributed by atoms with Crippen molar-refractivity contribution in [1.82, 2.24) is 0 Å². The predicted molar refractivity (Wildman–Crippen MR) is 57.3 cm³/mol. The summed E-state index contributed by atoms with van der Waals surface area (Å²) >= 11 is 0. The molecule has 0 radical (unpaired) electrons. The van der Waals surface area contributed by atoms with Gasteiger partial charge in [-0.15, -0.1) is 0 Å². The van der Waals surface area contributed by atoms with Crippen LogP contribution in [0.25, 0.3) is 0 Å². The van der Waals surface area contributed by atoms with E-state index in [1.54, 1.807) is 0 Å². The van der Waals surface area contributed by atoms with Crippen molar-refractivity contribution in [3.8, 4) is 6.07 Å². The van der Waals surface area contributed by atoms with E-state index in [4.69, 9.17) is 10.7 Å². The predicted octanol–water partition coefficient (Wildman–Crippen LogP) is 1.54. The van der Waals surface area contributed by atoms with E-state index in [0.717, 1.165) is 5.56 Å². The number of nitrogens with zero attached hydrogens (tertiary/aromatic N) is 3. The normalized spacial score (nSPS) is 13.9. The average Bonchev–Trinajstić information content (AvgIpc) is 2.73. The maximum atomic E-state index is 8.73. The summed E-state index contributed by atoms with van der Waals surface area (Å²) in [4.78, 5) is 8.05. The fraction of sp³-hybridized carbons (Fsp3) is 0. The first-order valence-corrected chi connectivity index (χ1v) is 4.28. The lowest BCUT2D eigenvalue weighted by molar-refractivity contribution is 1.48. The van der Waals surface area contributed by atoms with E-state index in [0.29, 0.717) is 5.84 Å². The van der Waals surface area contributed by atoms with Crippen LogP contribution in [-0.4, -0.2) is 17.4 Å². The average molecular weight is 194 g/mol. The molecule has 0 bridgehead atoms. The van der Waals surface area contributed by atoms with Crippen LogP contribution in [0, 0.1) is 16.7 Å². The zero-order chi connectivity index (χ0) is 10.7. The van der Waals surface area contributed by atoms with E-state index in [1.165, 1.54) is 0 Å². The minimum atomic E-state index is 0.142. The van der Waals surface area contributed by atoms with E-state index < -0.39 is 0 Å². The number of nitriles is 1. The number of hydrogen-bond acceptors (Lipinski definition) is 4. The van der Waals surface area contributed by atoms with Gasteiger partial charge in [-0.1, -0.05) is 30.3 Å². The van der Waals surface area contributed by atoms with Crippen LogP contribution < -0.4 is 0 Å². The van der Waals surface area contributed by atoms with Crippen molar-refractivity contribution in [2.24, 2.45) is 9.98 Å². The Hall–Kier alpha value is -2.50. The summed E-state index contributed by atoms with van der Waals surface area (Å²) in [5.74, 6) is 2.55. The van der Waals surface area contributed by atoms with E-state index in [-0.39, 0.29) is 11.4 Å². The zero-order valence-corrected chi connectivity index (χ0v) is 7.73. The molecule has 2 rings (SSSR count). The van der Waals surface area contributed by atoms with Crippen molar-refractivity contribution in [2.45, 2.75) is 0 Å². The Balaban J connectivity index is 2.48. The smallest absolute Gasteiger partial charge is 0.178 e. The molecule has 1 heterocycles. The molecule has 0 spiro atoms. The van der Waals surface area contributed by atoms with Gasteiger partial charge in [0.15, 0.2) is 17.2 Å². The standard InChI is InChI=1S/C11H6N4/c12-6-9-10(7-13)15-11(14-9)8-4-2-1-3-5-8/h1-5,12H. The highest BCUT2D eigenvalue weighted by Crippen LogP contribution is 2.12. The number of aliphatic imine (C=N–C) groups is 2. The van der Waals surface area contributed by atoms with Gasteiger partial charge in [-0.2, -0.15) is 5.26 Å². The number of hydrogen-bond donors (Lipinski definition) is 1. The molecule has 1 aliphatic rings. The third-order valence-electron chi connectivity index (χ3n) is 1.92. The van der Waals surface area contributed by atoms with E-state index in [9.17, 15) is 0 Å². The first kappa shape index (κ1) is 9.07. The van der Waals surface area contributed by atoms with Gasteiger partial charge >= 0.3 is 0 Å². The molecule has 70 valence electrons. The summed E-state index contributed by atoms with van der Waals surface area (Å²) in [6.45, 7) is 0. The molecule has 1 aliphatic heterocycles. The van der Waals surface area contributed by atoms with Crippen molar-refractivity contribution in [3.63, 3.8) is 0 Å². The highest BCUT2D eigenvalue weighted by atomic mass is 15.0. The molecule has 1 N–H and O–H groups in total. The second kappa shape index (κ2) is 3.70. The highest BCUT2D eigenvalue weighted by molar-refractivity contribution is 6.26. The summed E-state index contributed by atoms with van der Waals surface area (Å²) in [5.41, 5.74) is 1.16. The molecule has 0 saturated heterocycles. The lowest BCUT2D eigenvalue weighted by Crippen LogP contribution is -1.94. The quantitative estimate of drug-likeness (QED) is 0.676. The van der Waals surface area contributed by atoms with Crippen molar-refractivity contribution < 1.29 is 0 Å². The third-order valence-corrected chi connectivity index (χ3v) is 1.92. The molecular formula is C11H6N4. The molecule has 4 heteroatoms. The first-order chi connectivity index (χ1) is 7.35. The third kappa shape index (κ3) is 1.60. The SMILES string of the molecule is N#CC1=NC(c2ccccc2)=NC1=C=N. The molecule has 1 aromatic rings. The van der Waals surface area contributed by atoms with Gasteiger partial charge in [0.25, 0.3) is 0 Å². The van der Waals surface area contributed by atoms with Crippen LogP contribution in [0.3, 0.4) is 0 Å². The molecular weight excluding hydrogens is 188 g/mol. The summed E-state index contributed by atoms with van der Waals surface area (Å²) < 4.78 is 0. The zero-order valence-electron chi connectivity index (χ0n) is 7.73. The molecule has 4 nitrogen and oxygen atoms in total. The largest absolute Gasteiger partial charge is 0.257 e. The topological polar surface area (TPSA) is 72.4 Å². The fourth-order valence-electron chi connectivity index (χ4n) is 1.22. The Kier molecular flexibility index (Phi) is 2.24. The van der Waals surface area contributed by atoms with Gasteiger partial charge in [0.05, 0.1) is 0 Å². The maximum Gasteiger partial charge on any atom is 0.178 e. The lowest BCUT2D eigenvalue weighted by atomic mass is 10.2. The molecule has 0 saturated carbocycles. The van der Waals surface area contributed by atoms with Crippen LogP contribution in [-0.2, 0) is 0 Å². The monoisotopic (exact) mass is 194 g/mol. The van der Waals surface area contributed by atoms with Crippen molar-refractivity contribution in [2.75, 3.05) is 0 Å². The second-order valence-electron chi connectivity index (χ2n) is 2.85. The first-order valence-electron chi connectivity index (χ1n) is 4.28. The van der Waals surface area contributed by atoms with Crippen LogP contribution in [0.4, 0.5) is 0 Å². The fourth-order valence-corrected chi connectivity index (χ4v) is 1.22. The summed E-state index contributed by atoms with van der Waals surface area (Å²) in [6, 6.07) is 11.2. The molecule has 0 amide bonds. The summed E-state index contributed by atoms with van der Waals surface area (Å²) in [7, 11) is 0. The number of benzene rings is 1. The van der Waals surface area contributed by atoms with E-state index in [1.807, 2.05) is 36.4 Å². The van der Waals surface area contributed by atoms with Crippen molar-refractivity contribution in [3.05, 3.63) is 41.6 Å². The highest BCUT2D eigenvalue weighted by Gasteiger charge is 2.16. The number of nitrogens with one attached hydrogen (secondary N) is 1. The Morgan fingerprint density at radius 1 is 1.13 bits per heavy atom. The molecule has 1 aromatic carbocycles. The lowest BCUT2D eigenvalue weighted by Gasteiger charge is -1.93. The number of allylic oxidation sites excluding steroid dienone is 1. The molecule has 0 atom stereocenters. The minimum absolute atomic E-state index is 0.142. The van der Waals surface area contributed by atoms with Crippen molar-refractivity contribution >= 4 is 17.4 Å². The van der Waals surface area contributed by atoms with E-state index in [2.05, 4.69) is 15.9 Å². The van der Waals surface area contributed by atoms with Gasteiger partial charge in [-0.25, -0.2) is 9.98 Å².